The van der Waals surface area contributed by atoms with Crippen LogP contribution in [0.4, 0.5) is 11.8 Å². The van der Waals surface area contributed by atoms with Crippen molar-refractivity contribution >= 4 is 23.6 Å². The van der Waals surface area contributed by atoms with Gasteiger partial charge in [0.25, 0.3) is 0 Å². The molecule has 5 rings (SSSR count). The first-order valence-electron chi connectivity index (χ1n) is 10.8. The standard InChI is InChI=1S/C21H25N7O3/c29-19-2-1-10-27(19)21-24-7-3-18(25-21)26-11-4-15(5-12-26)20(30)28-17(6-13-31-28)16-14-22-8-9-23-16/h3,7-9,14-15,17H,1-2,4-6,10-13H2/t17-/m0/s1. The van der Waals surface area contributed by atoms with Crippen molar-refractivity contribution in [3.05, 3.63) is 36.5 Å². The highest BCUT2D eigenvalue weighted by Crippen LogP contribution is 2.33. The van der Waals surface area contributed by atoms with Gasteiger partial charge >= 0.3 is 0 Å². The van der Waals surface area contributed by atoms with Gasteiger partial charge < -0.3 is 4.90 Å². The highest BCUT2D eigenvalue weighted by Gasteiger charge is 2.38. The summed E-state index contributed by atoms with van der Waals surface area (Å²) < 4.78 is 0. The summed E-state index contributed by atoms with van der Waals surface area (Å²) in [5, 5.41) is 1.51. The topological polar surface area (TPSA) is 105 Å². The quantitative estimate of drug-likeness (QED) is 0.729. The number of anilines is 2. The molecule has 3 saturated heterocycles. The van der Waals surface area contributed by atoms with Gasteiger partial charge in [-0.3, -0.25) is 29.3 Å². The van der Waals surface area contributed by atoms with Crippen molar-refractivity contribution in [2.75, 3.05) is 36.0 Å². The summed E-state index contributed by atoms with van der Waals surface area (Å²) in [5.41, 5.74) is 0.760. The molecular formula is C21H25N7O3. The zero-order chi connectivity index (χ0) is 21.2. The maximum absolute atomic E-state index is 13.2. The van der Waals surface area contributed by atoms with Gasteiger partial charge in [0.2, 0.25) is 17.8 Å². The van der Waals surface area contributed by atoms with E-state index in [0.717, 1.165) is 24.4 Å². The first kappa shape index (κ1) is 19.8. The molecule has 3 aliphatic heterocycles. The molecule has 0 bridgehead atoms. The number of rotatable bonds is 4. The number of aromatic nitrogens is 4. The molecule has 0 aromatic carbocycles. The molecule has 162 valence electrons. The fraction of sp³-hybridized carbons (Fsp3) is 0.524. The van der Waals surface area contributed by atoms with Crippen LogP contribution in [-0.4, -0.2) is 63.1 Å². The predicted molar refractivity (Wildman–Crippen MR) is 111 cm³/mol. The third-order valence-electron chi connectivity index (χ3n) is 6.16. The van der Waals surface area contributed by atoms with Crippen LogP contribution in [0.2, 0.25) is 0 Å². The maximum atomic E-state index is 13.2. The van der Waals surface area contributed by atoms with Gasteiger partial charge in [0.05, 0.1) is 18.5 Å². The van der Waals surface area contributed by atoms with E-state index in [1.807, 2.05) is 6.07 Å². The Hall–Kier alpha value is -3.14. The highest BCUT2D eigenvalue weighted by atomic mass is 16.7. The smallest absolute Gasteiger partial charge is 0.250 e. The summed E-state index contributed by atoms with van der Waals surface area (Å²) in [6.07, 6.45) is 10.2. The average molecular weight is 423 g/mol. The molecule has 0 spiro atoms. The average Bonchev–Trinajstić information content (AvgIpc) is 3.49. The summed E-state index contributed by atoms with van der Waals surface area (Å²) in [5.74, 6) is 1.25. The van der Waals surface area contributed by atoms with Crippen molar-refractivity contribution < 1.29 is 14.4 Å². The molecule has 2 amide bonds. The monoisotopic (exact) mass is 423 g/mol. The molecule has 5 heterocycles. The van der Waals surface area contributed by atoms with Gasteiger partial charge in [0, 0.05) is 57.0 Å². The van der Waals surface area contributed by atoms with Crippen LogP contribution in [0.5, 0.6) is 0 Å². The predicted octanol–water partition coefficient (Wildman–Crippen LogP) is 1.52. The Bertz CT molecular complexity index is 949. The van der Waals surface area contributed by atoms with E-state index in [1.54, 1.807) is 29.7 Å². The molecular weight excluding hydrogens is 398 g/mol. The summed E-state index contributed by atoms with van der Waals surface area (Å²) in [6, 6.07) is 1.68. The summed E-state index contributed by atoms with van der Waals surface area (Å²) >= 11 is 0. The minimum Gasteiger partial charge on any atom is -0.356 e. The number of hydroxylamine groups is 2. The van der Waals surface area contributed by atoms with Gasteiger partial charge in [-0.1, -0.05) is 0 Å². The van der Waals surface area contributed by atoms with Crippen molar-refractivity contribution in [2.45, 2.75) is 38.1 Å². The molecule has 3 aliphatic rings. The minimum absolute atomic E-state index is 0.0128. The van der Waals surface area contributed by atoms with Crippen LogP contribution < -0.4 is 9.80 Å². The van der Waals surface area contributed by atoms with Crippen LogP contribution in [0.25, 0.3) is 0 Å². The van der Waals surface area contributed by atoms with E-state index in [9.17, 15) is 9.59 Å². The normalized spacial score (nSPS) is 22.4. The van der Waals surface area contributed by atoms with Crippen LogP contribution in [-0.2, 0) is 14.4 Å². The Morgan fingerprint density at radius 1 is 1.06 bits per heavy atom. The second-order valence-electron chi connectivity index (χ2n) is 8.06. The van der Waals surface area contributed by atoms with E-state index in [4.69, 9.17) is 4.84 Å². The van der Waals surface area contributed by atoms with Crippen molar-refractivity contribution in [3.63, 3.8) is 0 Å². The SMILES string of the molecule is O=C1CCCN1c1nccc(N2CCC(C(=O)N3OCC[C@H]3c3cnccn3)CC2)n1. The van der Waals surface area contributed by atoms with Gasteiger partial charge in [-0.2, -0.15) is 4.98 Å². The van der Waals surface area contributed by atoms with Crippen LogP contribution in [0.3, 0.4) is 0 Å². The summed E-state index contributed by atoms with van der Waals surface area (Å²) in [7, 11) is 0. The summed E-state index contributed by atoms with van der Waals surface area (Å²) in [4.78, 5) is 52.0. The number of nitrogens with zero attached hydrogens (tertiary/aromatic N) is 7. The summed E-state index contributed by atoms with van der Waals surface area (Å²) in [6.45, 7) is 2.60. The van der Waals surface area contributed by atoms with Crippen LogP contribution in [0.15, 0.2) is 30.9 Å². The molecule has 10 heteroatoms. The molecule has 1 atom stereocenters. The zero-order valence-electron chi connectivity index (χ0n) is 17.3. The highest BCUT2D eigenvalue weighted by molar-refractivity contribution is 5.93. The number of carbonyl (C=O) groups excluding carboxylic acids is 2. The molecule has 0 radical (unpaired) electrons. The van der Waals surface area contributed by atoms with E-state index in [1.165, 1.54) is 5.06 Å². The first-order chi connectivity index (χ1) is 15.2. The lowest BCUT2D eigenvalue weighted by molar-refractivity contribution is -0.182. The first-order valence-corrected chi connectivity index (χ1v) is 10.8. The molecule has 3 fully saturated rings. The third kappa shape index (κ3) is 3.95. The van der Waals surface area contributed by atoms with Crippen LogP contribution >= 0.6 is 0 Å². The lowest BCUT2D eigenvalue weighted by Crippen LogP contribution is -2.42. The molecule has 10 nitrogen and oxygen atoms in total. The second-order valence-corrected chi connectivity index (χ2v) is 8.06. The van der Waals surface area contributed by atoms with Gasteiger partial charge in [0.1, 0.15) is 11.9 Å². The van der Waals surface area contributed by atoms with Gasteiger partial charge in [-0.25, -0.2) is 10.0 Å². The Morgan fingerprint density at radius 3 is 2.68 bits per heavy atom. The van der Waals surface area contributed by atoms with Crippen LogP contribution in [0, 0.1) is 5.92 Å². The Labute approximate surface area is 180 Å². The number of hydrogen-bond donors (Lipinski definition) is 0. The molecule has 0 saturated carbocycles. The fourth-order valence-electron chi connectivity index (χ4n) is 4.48. The Kier molecular flexibility index (Phi) is 5.46. The number of piperidine rings is 1. The Balaban J connectivity index is 1.22. The van der Waals surface area contributed by atoms with Crippen molar-refractivity contribution in [3.8, 4) is 0 Å². The lowest BCUT2D eigenvalue weighted by Gasteiger charge is -2.34. The van der Waals surface area contributed by atoms with Crippen molar-refractivity contribution in [1.82, 2.24) is 25.0 Å². The third-order valence-corrected chi connectivity index (χ3v) is 6.16. The molecule has 0 unspecified atom stereocenters. The zero-order valence-corrected chi connectivity index (χ0v) is 17.3. The van der Waals surface area contributed by atoms with Crippen molar-refractivity contribution in [2.24, 2.45) is 5.92 Å². The largest absolute Gasteiger partial charge is 0.356 e. The van der Waals surface area contributed by atoms with Gasteiger partial charge in [0.15, 0.2) is 0 Å². The molecule has 0 N–H and O–H groups in total. The van der Waals surface area contributed by atoms with E-state index in [2.05, 4.69) is 24.8 Å². The molecule has 31 heavy (non-hydrogen) atoms. The number of carbonyl (C=O) groups is 2. The maximum Gasteiger partial charge on any atom is 0.250 e. The second kappa shape index (κ2) is 8.54. The van der Waals surface area contributed by atoms with Gasteiger partial charge in [-0.15, -0.1) is 0 Å². The van der Waals surface area contributed by atoms with E-state index in [-0.39, 0.29) is 23.8 Å². The molecule has 2 aromatic rings. The van der Waals surface area contributed by atoms with Crippen molar-refractivity contribution in [1.29, 1.82) is 0 Å². The molecule has 0 aliphatic carbocycles. The van der Waals surface area contributed by atoms with E-state index in [0.29, 0.717) is 51.5 Å². The van der Waals surface area contributed by atoms with E-state index >= 15 is 0 Å². The Morgan fingerprint density at radius 2 is 1.94 bits per heavy atom. The lowest BCUT2D eigenvalue weighted by atomic mass is 9.95. The van der Waals surface area contributed by atoms with E-state index < -0.39 is 0 Å². The number of amides is 2. The van der Waals surface area contributed by atoms with Gasteiger partial charge in [-0.05, 0) is 25.3 Å². The van der Waals surface area contributed by atoms with Crippen LogP contribution in [0.1, 0.15) is 43.8 Å². The minimum atomic E-state index is -0.179. The number of hydrogen-bond acceptors (Lipinski definition) is 8. The molecule has 2 aromatic heterocycles. The fourth-order valence-corrected chi connectivity index (χ4v) is 4.48.